The highest BCUT2D eigenvalue weighted by atomic mass is 16.5. The van der Waals surface area contributed by atoms with Crippen molar-refractivity contribution in [1.82, 2.24) is 15.5 Å². The first kappa shape index (κ1) is 17.3. The number of hydrogen-bond donors (Lipinski definition) is 2. The third-order valence-electron chi connectivity index (χ3n) is 4.78. The van der Waals surface area contributed by atoms with Crippen LogP contribution in [-0.2, 0) is 11.2 Å². The number of nitrogens with zero attached hydrogens (tertiary/aromatic N) is 1. The van der Waals surface area contributed by atoms with Crippen LogP contribution in [0.3, 0.4) is 0 Å². The number of carbonyl (C=O) groups is 1. The topological polar surface area (TPSA) is 76.2 Å². The first-order chi connectivity index (χ1) is 13.3. The number of nitrogens with one attached hydrogen (secondary N) is 2. The van der Waals surface area contributed by atoms with E-state index in [1.165, 1.54) is 5.56 Å². The van der Waals surface area contributed by atoms with Gasteiger partial charge in [-0.3, -0.25) is 9.89 Å². The third-order valence-corrected chi connectivity index (χ3v) is 4.78. The van der Waals surface area contributed by atoms with E-state index in [9.17, 15) is 4.79 Å². The fourth-order valence-electron chi connectivity index (χ4n) is 3.38. The molecule has 4 rings (SSSR count). The molecule has 1 aliphatic rings. The van der Waals surface area contributed by atoms with Gasteiger partial charge in [0.05, 0.1) is 31.2 Å². The summed E-state index contributed by atoms with van der Waals surface area (Å²) in [7, 11) is 1.61. The summed E-state index contributed by atoms with van der Waals surface area (Å²) in [5.41, 5.74) is 4.42. The van der Waals surface area contributed by atoms with Crippen LogP contribution in [0, 0.1) is 0 Å². The average molecular weight is 363 g/mol. The van der Waals surface area contributed by atoms with Crippen molar-refractivity contribution in [3.05, 3.63) is 71.4 Å². The maximum atomic E-state index is 12.8. The molecule has 3 aromatic rings. The molecule has 6 nitrogen and oxygen atoms in total. The number of carbonyl (C=O) groups excluding carboxylic acids is 1. The Morgan fingerprint density at radius 1 is 1.30 bits per heavy atom. The average Bonchev–Trinajstić information content (AvgIpc) is 3.22. The predicted octanol–water partition coefficient (Wildman–Crippen LogP) is 3.13. The Bertz CT molecular complexity index is 951. The van der Waals surface area contributed by atoms with Crippen LogP contribution < -0.4 is 10.1 Å². The number of fused-ring (bicyclic) bond motifs is 1. The van der Waals surface area contributed by atoms with Crippen molar-refractivity contribution >= 4 is 5.91 Å². The van der Waals surface area contributed by atoms with Crippen molar-refractivity contribution in [3.63, 3.8) is 0 Å². The first-order valence-corrected chi connectivity index (χ1v) is 8.91. The van der Waals surface area contributed by atoms with Gasteiger partial charge in [-0.15, -0.1) is 0 Å². The molecule has 2 aromatic carbocycles. The van der Waals surface area contributed by atoms with Crippen LogP contribution in [0.15, 0.2) is 54.7 Å². The van der Waals surface area contributed by atoms with Crippen LogP contribution >= 0.6 is 0 Å². The molecular formula is C21H21N3O3. The molecule has 138 valence electrons. The number of methoxy groups -OCH3 is 1. The Kier molecular flexibility index (Phi) is 4.89. The monoisotopic (exact) mass is 363 g/mol. The van der Waals surface area contributed by atoms with Crippen LogP contribution in [-0.4, -0.2) is 36.4 Å². The molecule has 0 aliphatic carbocycles. The number of amides is 1. The van der Waals surface area contributed by atoms with Gasteiger partial charge in [-0.1, -0.05) is 36.4 Å². The maximum Gasteiger partial charge on any atom is 0.255 e. The van der Waals surface area contributed by atoms with Crippen LogP contribution in [0.5, 0.6) is 5.75 Å². The van der Waals surface area contributed by atoms with Crippen LogP contribution in [0.25, 0.3) is 11.3 Å². The third kappa shape index (κ3) is 3.57. The van der Waals surface area contributed by atoms with E-state index in [1.54, 1.807) is 13.3 Å². The SMILES string of the molecule is COc1cccc(-c2[nH]ncc2C(=O)NC[C@H]2OCCc3ccccc32)c1. The Morgan fingerprint density at radius 2 is 2.19 bits per heavy atom. The summed E-state index contributed by atoms with van der Waals surface area (Å²) in [6.45, 7) is 1.08. The van der Waals surface area contributed by atoms with Gasteiger partial charge in [-0.05, 0) is 29.7 Å². The Balaban J connectivity index is 1.50. The molecule has 0 saturated heterocycles. The normalized spacial score (nSPS) is 15.8. The van der Waals surface area contributed by atoms with E-state index in [-0.39, 0.29) is 12.0 Å². The molecule has 0 saturated carbocycles. The Labute approximate surface area is 157 Å². The summed E-state index contributed by atoms with van der Waals surface area (Å²) >= 11 is 0. The second-order valence-electron chi connectivity index (χ2n) is 6.41. The lowest BCUT2D eigenvalue weighted by molar-refractivity contribution is 0.0411. The second-order valence-corrected chi connectivity index (χ2v) is 6.41. The minimum atomic E-state index is -0.187. The molecule has 1 aromatic heterocycles. The number of aromatic nitrogens is 2. The minimum absolute atomic E-state index is 0.133. The fourth-order valence-corrected chi connectivity index (χ4v) is 3.38. The largest absolute Gasteiger partial charge is 0.497 e. The summed E-state index contributed by atoms with van der Waals surface area (Å²) in [5, 5.41) is 9.94. The summed E-state index contributed by atoms with van der Waals surface area (Å²) in [6, 6.07) is 15.7. The second kappa shape index (κ2) is 7.63. The zero-order chi connectivity index (χ0) is 18.6. The van der Waals surface area contributed by atoms with Crippen molar-refractivity contribution < 1.29 is 14.3 Å². The van der Waals surface area contributed by atoms with Gasteiger partial charge < -0.3 is 14.8 Å². The molecule has 0 spiro atoms. The highest BCUT2D eigenvalue weighted by Crippen LogP contribution is 2.27. The van der Waals surface area contributed by atoms with Crippen LogP contribution in [0.4, 0.5) is 0 Å². The van der Waals surface area contributed by atoms with E-state index in [0.29, 0.717) is 24.4 Å². The number of benzene rings is 2. The molecule has 6 heteroatoms. The zero-order valence-electron chi connectivity index (χ0n) is 15.1. The number of rotatable bonds is 5. The van der Waals surface area contributed by atoms with Gasteiger partial charge in [0.1, 0.15) is 11.9 Å². The molecule has 0 unspecified atom stereocenters. The standard InChI is InChI=1S/C21H21N3O3/c1-26-16-7-4-6-15(11-16)20-18(12-23-24-20)21(25)22-13-19-17-8-3-2-5-14(17)9-10-27-19/h2-8,11-12,19H,9-10,13H2,1H3,(H,22,25)(H,23,24)/t19-/m1/s1. The van der Waals surface area contributed by atoms with Gasteiger partial charge in [0.2, 0.25) is 0 Å². The highest BCUT2D eigenvalue weighted by Gasteiger charge is 2.22. The van der Waals surface area contributed by atoms with E-state index in [0.717, 1.165) is 23.3 Å². The van der Waals surface area contributed by atoms with Crippen molar-refractivity contribution in [2.45, 2.75) is 12.5 Å². The van der Waals surface area contributed by atoms with E-state index in [1.807, 2.05) is 36.4 Å². The van der Waals surface area contributed by atoms with Gasteiger partial charge in [-0.25, -0.2) is 0 Å². The van der Waals surface area contributed by atoms with E-state index >= 15 is 0 Å². The van der Waals surface area contributed by atoms with Gasteiger partial charge in [0.15, 0.2) is 0 Å². The molecule has 1 atom stereocenters. The maximum absolute atomic E-state index is 12.8. The first-order valence-electron chi connectivity index (χ1n) is 8.91. The minimum Gasteiger partial charge on any atom is -0.497 e. The molecular weight excluding hydrogens is 342 g/mol. The summed E-state index contributed by atoms with van der Waals surface area (Å²) in [6.07, 6.45) is 2.31. The summed E-state index contributed by atoms with van der Waals surface area (Å²) in [5.74, 6) is 0.536. The lowest BCUT2D eigenvalue weighted by Gasteiger charge is -2.26. The predicted molar refractivity (Wildman–Crippen MR) is 102 cm³/mol. The van der Waals surface area contributed by atoms with Crippen molar-refractivity contribution in [3.8, 4) is 17.0 Å². The number of H-pyrrole nitrogens is 1. The highest BCUT2D eigenvalue weighted by molar-refractivity contribution is 5.99. The van der Waals surface area contributed by atoms with E-state index in [4.69, 9.17) is 9.47 Å². The quantitative estimate of drug-likeness (QED) is 0.730. The molecule has 0 radical (unpaired) electrons. The smallest absolute Gasteiger partial charge is 0.255 e. The van der Waals surface area contributed by atoms with Crippen molar-refractivity contribution in [2.75, 3.05) is 20.3 Å². The molecule has 0 bridgehead atoms. The van der Waals surface area contributed by atoms with E-state index < -0.39 is 0 Å². The lowest BCUT2D eigenvalue weighted by atomic mass is 9.97. The van der Waals surface area contributed by atoms with Crippen LogP contribution in [0.1, 0.15) is 27.6 Å². The molecule has 1 aliphatic heterocycles. The number of hydrogen-bond acceptors (Lipinski definition) is 4. The Morgan fingerprint density at radius 3 is 3.07 bits per heavy atom. The van der Waals surface area contributed by atoms with Crippen molar-refractivity contribution in [2.24, 2.45) is 0 Å². The van der Waals surface area contributed by atoms with Crippen molar-refractivity contribution in [1.29, 1.82) is 0 Å². The molecule has 27 heavy (non-hydrogen) atoms. The summed E-state index contributed by atoms with van der Waals surface area (Å²) < 4.78 is 11.1. The molecule has 2 N–H and O–H groups in total. The zero-order valence-corrected chi connectivity index (χ0v) is 15.1. The van der Waals surface area contributed by atoms with E-state index in [2.05, 4.69) is 27.6 Å². The molecule has 0 fully saturated rings. The Hall–Kier alpha value is -3.12. The summed E-state index contributed by atoms with van der Waals surface area (Å²) in [4.78, 5) is 12.8. The van der Waals surface area contributed by atoms with Crippen LogP contribution in [0.2, 0.25) is 0 Å². The lowest BCUT2D eigenvalue weighted by Crippen LogP contribution is -2.31. The van der Waals surface area contributed by atoms with Gasteiger partial charge >= 0.3 is 0 Å². The van der Waals surface area contributed by atoms with Gasteiger partial charge in [0, 0.05) is 12.1 Å². The van der Waals surface area contributed by atoms with Gasteiger partial charge in [0.25, 0.3) is 5.91 Å². The number of ether oxygens (including phenoxy) is 2. The molecule has 2 heterocycles. The fraction of sp³-hybridized carbons (Fsp3) is 0.238. The molecule has 1 amide bonds. The van der Waals surface area contributed by atoms with Gasteiger partial charge in [-0.2, -0.15) is 5.10 Å². The number of aromatic amines is 1.